The Balaban J connectivity index is 2.62. The van der Waals surface area contributed by atoms with Crippen LogP contribution in [0.5, 0.6) is 0 Å². The Bertz CT molecular complexity index is 585. The first-order valence-corrected chi connectivity index (χ1v) is 6.82. The van der Waals surface area contributed by atoms with Crippen molar-refractivity contribution in [2.75, 3.05) is 5.73 Å². The van der Waals surface area contributed by atoms with Gasteiger partial charge < -0.3 is 10.3 Å². The van der Waals surface area contributed by atoms with Gasteiger partial charge in [-0.1, -0.05) is 28.1 Å². The van der Waals surface area contributed by atoms with Crippen LogP contribution in [-0.4, -0.2) is 9.55 Å². The third-order valence-corrected chi connectivity index (χ3v) is 3.68. The van der Waals surface area contributed by atoms with Gasteiger partial charge in [0.05, 0.1) is 0 Å². The zero-order valence-electron chi connectivity index (χ0n) is 11.2. The van der Waals surface area contributed by atoms with Crippen LogP contribution in [0, 0.1) is 13.8 Å². The lowest BCUT2D eigenvalue weighted by molar-refractivity contribution is 0.590. The first-order valence-electron chi connectivity index (χ1n) is 6.02. The lowest BCUT2D eigenvalue weighted by Crippen LogP contribution is -2.07. The Morgan fingerprint density at radius 3 is 2.44 bits per heavy atom. The summed E-state index contributed by atoms with van der Waals surface area (Å²) in [5.41, 5.74) is 9.33. The summed E-state index contributed by atoms with van der Waals surface area (Å²) in [5.74, 6) is 1.68. The molecule has 1 aromatic carbocycles. The van der Waals surface area contributed by atoms with Crippen molar-refractivity contribution in [2.45, 2.75) is 33.7 Å². The molecule has 3 nitrogen and oxygen atoms in total. The Morgan fingerprint density at radius 1 is 1.28 bits per heavy atom. The van der Waals surface area contributed by atoms with Crippen LogP contribution in [0.25, 0.3) is 11.3 Å². The molecule has 0 aliphatic rings. The molecule has 0 saturated carbocycles. The number of imidazole rings is 1. The van der Waals surface area contributed by atoms with Crippen LogP contribution in [0.4, 0.5) is 5.82 Å². The van der Waals surface area contributed by atoms with Gasteiger partial charge in [0.25, 0.3) is 0 Å². The number of anilines is 1. The number of aromatic nitrogens is 2. The molecule has 1 heterocycles. The summed E-state index contributed by atoms with van der Waals surface area (Å²) in [6.07, 6.45) is 0. The van der Waals surface area contributed by atoms with Gasteiger partial charge in [-0.05, 0) is 39.3 Å². The normalized spacial score (nSPS) is 11.2. The maximum absolute atomic E-state index is 6.22. The smallest absolute Gasteiger partial charge is 0.132 e. The second-order valence-corrected chi connectivity index (χ2v) is 5.69. The standard InChI is InChI=1S/C14H18BrN3/c1-8(2)18-10(4)17-13(14(18)16)11-6-5-9(3)7-12(11)15/h5-8H,16H2,1-4H3. The number of nitrogens with two attached hydrogens (primary N) is 1. The summed E-state index contributed by atoms with van der Waals surface area (Å²) in [7, 11) is 0. The monoisotopic (exact) mass is 307 g/mol. The van der Waals surface area contributed by atoms with Crippen molar-refractivity contribution in [1.82, 2.24) is 9.55 Å². The zero-order chi connectivity index (χ0) is 13.4. The molecular weight excluding hydrogens is 290 g/mol. The van der Waals surface area contributed by atoms with E-state index in [0.29, 0.717) is 6.04 Å². The highest BCUT2D eigenvalue weighted by Gasteiger charge is 2.17. The van der Waals surface area contributed by atoms with Gasteiger partial charge in [0.15, 0.2) is 0 Å². The fourth-order valence-electron chi connectivity index (χ4n) is 2.22. The minimum atomic E-state index is 0.315. The molecule has 0 fully saturated rings. The fourth-order valence-corrected chi connectivity index (χ4v) is 2.90. The second-order valence-electron chi connectivity index (χ2n) is 4.84. The number of hydrogen-bond acceptors (Lipinski definition) is 2. The number of nitrogen functional groups attached to an aromatic ring is 1. The van der Waals surface area contributed by atoms with Crippen molar-refractivity contribution in [3.05, 3.63) is 34.1 Å². The molecule has 2 aromatic rings. The van der Waals surface area contributed by atoms with E-state index in [2.05, 4.69) is 64.5 Å². The molecule has 4 heteroatoms. The van der Waals surface area contributed by atoms with Crippen molar-refractivity contribution < 1.29 is 0 Å². The second kappa shape index (κ2) is 4.76. The molecule has 0 bridgehead atoms. The van der Waals surface area contributed by atoms with Crippen LogP contribution in [0.1, 0.15) is 31.3 Å². The Morgan fingerprint density at radius 2 is 1.94 bits per heavy atom. The van der Waals surface area contributed by atoms with E-state index in [4.69, 9.17) is 5.73 Å². The van der Waals surface area contributed by atoms with Crippen LogP contribution < -0.4 is 5.73 Å². The predicted octanol–water partition coefficient (Wildman–Crippen LogP) is 4.09. The number of nitrogens with zero attached hydrogens (tertiary/aromatic N) is 2. The van der Waals surface area contributed by atoms with Crippen LogP contribution in [0.2, 0.25) is 0 Å². The maximum Gasteiger partial charge on any atom is 0.132 e. The van der Waals surface area contributed by atoms with Crippen LogP contribution in [-0.2, 0) is 0 Å². The van der Waals surface area contributed by atoms with Crippen LogP contribution in [0.15, 0.2) is 22.7 Å². The third kappa shape index (κ3) is 2.17. The summed E-state index contributed by atoms with van der Waals surface area (Å²) in [4.78, 5) is 4.60. The number of halogens is 1. The largest absolute Gasteiger partial charge is 0.383 e. The molecule has 0 spiro atoms. The van der Waals surface area contributed by atoms with Gasteiger partial charge in [0, 0.05) is 16.1 Å². The van der Waals surface area contributed by atoms with Crippen molar-refractivity contribution in [3.8, 4) is 11.3 Å². The highest BCUT2D eigenvalue weighted by molar-refractivity contribution is 9.10. The average molecular weight is 308 g/mol. The fraction of sp³-hybridized carbons (Fsp3) is 0.357. The minimum Gasteiger partial charge on any atom is -0.383 e. The highest BCUT2D eigenvalue weighted by Crippen LogP contribution is 2.34. The van der Waals surface area contributed by atoms with Crippen LogP contribution in [0.3, 0.4) is 0 Å². The topological polar surface area (TPSA) is 43.8 Å². The first-order chi connectivity index (χ1) is 8.41. The third-order valence-electron chi connectivity index (χ3n) is 3.02. The number of rotatable bonds is 2. The predicted molar refractivity (Wildman–Crippen MR) is 79.6 cm³/mol. The van der Waals surface area contributed by atoms with E-state index >= 15 is 0 Å². The van der Waals surface area contributed by atoms with E-state index in [1.807, 2.05) is 6.92 Å². The zero-order valence-corrected chi connectivity index (χ0v) is 12.7. The number of hydrogen-bond donors (Lipinski definition) is 1. The molecule has 0 amide bonds. The molecule has 0 aliphatic heterocycles. The molecule has 18 heavy (non-hydrogen) atoms. The molecule has 0 saturated heterocycles. The number of benzene rings is 1. The van der Waals surface area contributed by atoms with Gasteiger partial charge >= 0.3 is 0 Å². The van der Waals surface area contributed by atoms with E-state index in [1.165, 1.54) is 5.56 Å². The van der Waals surface area contributed by atoms with Gasteiger partial charge in [-0.25, -0.2) is 4.98 Å². The maximum atomic E-state index is 6.22. The van der Waals surface area contributed by atoms with Gasteiger partial charge in [-0.15, -0.1) is 0 Å². The summed E-state index contributed by atoms with van der Waals surface area (Å²) in [5, 5.41) is 0. The minimum absolute atomic E-state index is 0.315. The van der Waals surface area contributed by atoms with Crippen molar-refractivity contribution in [2.24, 2.45) is 0 Å². The van der Waals surface area contributed by atoms with E-state index in [9.17, 15) is 0 Å². The Hall–Kier alpha value is -1.29. The van der Waals surface area contributed by atoms with Crippen LogP contribution >= 0.6 is 15.9 Å². The molecule has 0 atom stereocenters. The molecule has 1 aromatic heterocycles. The molecule has 2 N–H and O–H groups in total. The molecule has 0 aliphatic carbocycles. The van der Waals surface area contributed by atoms with E-state index in [0.717, 1.165) is 27.4 Å². The van der Waals surface area contributed by atoms with Crippen molar-refractivity contribution in [3.63, 3.8) is 0 Å². The average Bonchev–Trinajstić information content (AvgIpc) is 2.54. The van der Waals surface area contributed by atoms with Crippen molar-refractivity contribution in [1.29, 1.82) is 0 Å². The van der Waals surface area contributed by atoms with E-state index in [1.54, 1.807) is 0 Å². The summed E-state index contributed by atoms with van der Waals surface area (Å²) in [6, 6.07) is 6.53. The summed E-state index contributed by atoms with van der Waals surface area (Å²) >= 11 is 3.58. The molecule has 0 unspecified atom stereocenters. The van der Waals surface area contributed by atoms with Gasteiger partial charge in [-0.2, -0.15) is 0 Å². The van der Waals surface area contributed by atoms with Gasteiger partial charge in [-0.3, -0.25) is 0 Å². The van der Waals surface area contributed by atoms with E-state index < -0.39 is 0 Å². The first kappa shape index (κ1) is 13.1. The summed E-state index contributed by atoms with van der Waals surface area (Å²) in [6.45, 7) is 8.27. The van der Waals surface area contributed by atoms with E-state index in [-0.39, 0.29) is 0 Å². The quantitative estimate of drug-likeness (QED) is 0.908. The lowest BCUT2D eigenvalue weighted by Gasteiger charge is -2.11. The SMILES string of the molecule is Cc1ccc(-c2nc(C)n(C(C)C)c2N)c(Br)c1. The lowest BCUT2D eigenvalue weighted by atomic mass is 10.1. The molecular formula is C14H18BrN3. The molecule has 96 valence electrons. The molecule has 2 rings (SSSR count). The van der Waals surface area contributed by atoms with Gasteiger partial charge in [0.2, 0.25) is 0 Å². The van der Waals surface area contributed by atoms with Gasteiger partial charge in [0.1, 0.15) is 17.3 Å². The molecule has 0 radical (unpaired) electrons. The summed E-state index contributed by atoms with van der Waals surface area (Å²) < 4.78 is 3.09. The Kier molecular flexibility index (Phi) is 3.48. The number of aryl methyl sites for hydroxylation is 2. The van der Waals surface area contributed by atoms with Crippen molar-refractivity contribution >= 4 is 21.7 Å². The Labute approximate surface area is 116 Å². The highest BCUT2D eigenvalue weighted by atomic mass is 79.9.